The number of carbonyl (C=O) groups excluding carboxylic acids is 2. The normalized spacial score (nSPS) is 19.4. The van der Waals surface area contributed by atoms with Crippen LogP contribution in [0.1, 0.15) is 34.6 Å². The molecule has 7 nitrogen and oxygen atoms in total. The predicted molar refractivity (Wildman–Crippen MR) is 128 cm³/mol. The molecule has 0 radical (unpaired) electrons. The molecule has 3 aromatic rings. The van der Waals surface area contributed by atoms with E-state index in [1.807, 2.05) is 42.5 Å². The lowest BCUT2D eigenvalue weighted by atomic mass is 9.94. The van der Waals surface area contributed by atoms with Crippen molar-refractivity contribution in [2.45, 2.75) is 19.4 Å². The summed E-state index contributed by atoms with van der Waals surface area (Å²) < 4.78 is 11.2. The molecule has 1 saturated heterocycles. The van der Waals surface area contributed by atoms with Crippen molar-refractivity contribution in [1.29, 1.82) is 0 Å². The molecule has 176 valence electrons. The molecule has 0 aliphatic carbocycles. The number of ether oxygens (including phenoxy) is 1. The maximum Gasteiger partial charge on any atom is 0.290 e. The highest BCUT2D eigenvalue weighted by molar-refractivity contribution is 6.16. The van der Waals surface area contributed by atoms with E-state index >= 15 is 0 Å². The number of aliphatic hydroxyl groups excluding tert-OH is 1. The molecule has 2 aliphatic rings. The van der Waals surface area contributed by atoms with Crippen molar-refractivity contribution in [1.82, 2.24) is 9.80 Å². The number of amides is 1. The topological polar surface area (TPSA) is 83.2 Å². The van der Waals surface area contributed by atoms with Crippen LogP contribution < -0.4 is 0 Å². The summed E-state index contributed by atoms with van der Waals surface area (Å²) in [6, 6.07) is 16.2. The minimum atomic E-state index is -0.680. The number of Topliss-reactive ketones (excluding diaryl/α,β-unsaturated/α-hetero) is 1. The third-order valence-electron chi connectivity index (χ3n) is 6.66. The van der Waals surface area contributed by atoms with E-state index in [4.69, 9.17) is 9.15 Å². The number of hydrogen-bond acceptors (Lipinski definition) is 6. The largest absolute Gasteiger partial charge is 0.503 e. The van der Waals surface area contributed by atoms with E-state index in [-0.39, 0.29) is 11.3 Å². The summed E-state index contributed by atoms with van der Waals surface area (Å²) in [5.74, 6) is -1.39. The maximum atomic E-state index is 13.6. The highest BCUT2D eigenvalue weighted by Crippen LogP contribution is 2.39. The zero-order chi connectivity index (χ0) is 23.7. The van der Waals surface area contributed by atoms with Crippen LogP contribution in [-0.4, -0.2) is 66.0 Å². The molecule has 1 amide bonds. The molecule has 2 aromatic carbocycles. The zero-order valence-electron chi connectivity index (χ0n) is 19.2. The Bertz CT molecular complexity index is 1200. The molecule has 7 heteroatoms. The van der Waals surface area contributed by atoms with Gasteiger partial charge in [-0.25, -0.2) is 0 Å². The van der Waals surface area contributed by atoms with Crippen molar-refractivity contribution in [2.75, 3.05) is 39.4 Å². The summed E-state index contributed by atoms with van der Waals surface area (Å²) >= 11 is 0. The smallest absolute Gasteiger partial charge is 0.290 e. The summed E-state index contributed by atoms with van der Waals surface area (Å²) in [5.41, 5.74) is 2.60. The maximum absolute atomic E-state index is 13.6. The number of morpholine rings is 1. The molecule has 0 spiro atoms. The SMILES string of the molecule is CCc1ccc([C@@H]2C(C(=O)c3cc4ccccc4o3)=C(O)C(=O)N2CCN2CCOCC2)cc1. The highest BCUT2D eigenvalue weighted by atomic mass is 16.5. The lowest BCUT2D eigenvalue weighted by Crippen LogP contribution is -2.43. The second-order valence-electron chi connectivity index (χ2n) is 8.69. The fraction of sp³-hybridized carbons (Fsp3) is 0.333. The van der Waals surface area contributed by atoms with Crippen molar-refractivity contribution in [3.05, 3.63) is 82.8 Å². The number of aryl methyl sites for hydroxylation is 1. The quantitative estimate of drug-likeness (QED) is 0.539. The highest BCUT2D eigenvalue weighted by Gasteiger charge is 2.44. The average molecular weight is 461 g/mol. The van der Waals surface area contributed by atoms with Gasteiger partial charge in [-0.3, -0.25) is 14.5 Å². The molecule has 0 saturated carbocycles. The standard InChI is InChI=1S/C27H28N2O5/c1-2-18-7-9-19(10-8-18)24-23(25(30)22-17-20-5-3-4-6-21(20)34-22)26(31)27(32)29(24)12-11-28-13-15-33-16-14-28/h3-10,17,24,31H,2,11-16H2,1H3/t24-/m1/s1. The zero-order valence-corrected chi connectivity index (χ0v) is 19.2. The van der Waals surface area contributed by atoms with E-state index in [2.05, 4.69) is 11.8 Å². The molecule has 5 rings (SSSR count). The average Bonchev–Trinajstić information content (AvgIpc) is 3.42. The van der Waals surface area contributed by atoms with Crippen molar-refractivity contribution in [2.24, 2.45) is 0 Å². The Labute approximate surface area is 198 Å². The van der Waals surface area contributed by atoms with E-state index in [0.29, 0.717) is 31.9 Å². The minimum absolute atomic E-state index is 0.0651. The Morgan fingerprint density at radius 1 is 1.06 bits per heavy atom. The summed E-state index contributed by atoms with van der Waals surface area (Å²) in [6.07, 6.45) is 0.885. The summed E-state index contributed by atoms with van der Waals surface area (Å²) in [5, 5.41) is 11.7. The third kappa shape index (κ3) is 4.13. The Morgan fingerprint density at radius 2 is 1.79 bits per heavy atom. The Balaban J connectivity index is 1.50. The van der Waals surface area contributed by atoms with Crippen LogP contribution in [0, 0.1) is 0 Å². The fourth-order valence-corrected chi connectivity index (χ4v) is 4.70. The lowest BCUT2D eigenvalue weighted by Gasteiger charge is -2.31. The number of ketones is 1. The lowest BCUT2D eigenvalue weighted by molar-refractivity contribution is -0.129. The van der Waals surface area contributed by atoms with Gasteiger partial charge in [0.2, 0.25) is 5.78 Å². The van der Waals surface area contributed by atoms with Gasteiger partial charge in [0.05, 0.1) is 24.8 Å². The molecule has 0 unspecified atom stereocenters. The third-order valence-corrected chi connectivity index (χ3v) is 6.66. The molecule has 3 heterocycles. The monoisotopic (exact) mass is 460 g/mol. The molecular weight excluding hydrogens is 432 g/mol. The Kier molecular flexibility index (Phi) is 6.22. The first kappa shape index (κ1) is 22.4. The number of carbonyl (C=O) groups is 2. The minimum Gasteiger partial charge on any atom is -0.503 e. The summed E-state index contributed by atoms with van der Waals surface area (Å²) in [6.45, 7) is 6.01. The first-order valence-electron chi connectivity index (χ1n) is 11.7. The van der Waals surface area contributed by atoms with Gasteiger partial charge in [-0.2, -0.15) is 0 Å². The summed E-state index contributed by atoms with van der Waals surface area (Å²) in [4.78, 5) is 30.6. The van der Waals surface area contributed by atoms with Gasteiger partial charge in [-0.15, -0.1) is 0 Å². The van der Waals surface area contributed by atoms with Crippen LogP contribution in [-0.2, 0) is 16.0 Å². The van der Waals surface area contributed by atoms with Gasteiger partial charge in [0.25, 0.3) is 5.91 Å². The first-order valence-corrected chi connectivity index (χ1v) is 11.7. The van der Waals surface area contributed by atoms with E-state index < -0.39 is 23.5 Å². The van der Waals surface area contributed by atoms with Crippen LogP contribution in [0.2, 0.25) is 0 Å². The van der Waals surface area contributed by atoms with E-state index in [1.165, 1.54) is 0 Å². The van der Waals surface area contributed by atoms with E-state index in [9.17, 15) is 14.7 Å². The molecule has 1 N–H and O–H groups in total. The van der Waals surface area contributed by atoms with Crippen LogP contribution in [0.5, 0.6) is 0 Å². The van der Waals surface area contributed by atoms with Crippen LogP contribution >= 0.6 is 0 Å². The fourth-order valence-electron chi connectivity index (χ4n) is 4.70. The molecule has 1 fully saturated rings. The number of hydrogen-bond donors (Lipinski definition) is 1. The number of nitrogens with zero attached hydrogens (tertiary/aromatic N) is 2. The van der Waals surface area contributed by atoms with Crippen molar-refractivity contribution in [3.8, 4) is 0 Å². The second-order valence-corrected chi connectivity index (χ2v) is 8.69. The molecule has 1 aromatic heterocycles. The Hall–Kier alpha value is -3.42. The molecule has 2 aliphatic heterocycles. The number of fused-ring (bicyclic) bond motifs is 1. The van der Waals surface area contributed by atoms with Crippen molar-refractivity contribution < 1.29 is 23.8 Å². The Morgan fingerprint density at radius 3 is 2.50 bits per heavy atom. The molecule has 1 atom stereocenters. The van der Waals surface area contributed by atoms with Crippen LogP contribution in [0.4, 0.5) is 0 Å². The second kappa shape index (κ2) is 9.44. The van der Waals surface area contributed by atoms with Crippen LogP contribution in [0.25, 0.3) is 11.0 Å². The van der Waals surface area contributed by atoms with Crippen LogP contribution in [0.15, 0.2) is 70.3 Å². The summed E-state index contributed by atoms with van der Waals surface area (Å²) in [7, 11) is 0. The predicted octanol–water partition coefficient (Wildman–Crippen LogP) is 3.91. The van der Waals surface area contributed by atoms with Gasteiger partial charge in [0.15, 0.2) is 11.5 Å². The van der Waals surface area contributed by atoms with Crippen molar-refractivity contribution >= 4 is 22.7 Å². The van der Waals surface area contributed by atoms with Gasteiger partial charge in [0, 0.05) is 31.6 Å². The first-order chi connectivity index (χ1) is 16.6. The molecule has 34 heavy (non-hydrogen) atoms. The number of furan rings is 1. The van der Waals surface area contributed by atoms with E-state index in [0.717, 1.165) is 36.0 Å². The van der Waals surface area contributed by atoms with Gasteiger partial charge in [0.1, 0.15) is 5.58 Å². The number of rotatable bonds is 7. The number of benzene rings is 2. The number of para-hydroxylation sites is 1. The van der Waals surface area contributed by atoms with E-state index in [1.54, 1.807) is 17.0 Å². The van der Waals surface area contributed by atoms with Gasteiger partial charge in [-0.05, 0) is 29.7 Å². The van der Waals surface area contributed by atoms with Gasteiger partial charge in [-0.1, -0.05) is 49.4 Å². The molecular formula is C27H28N2O5. The van der Waals surface area contributed by atoms with Gasteiger partial charge < -0.3 is 19.2 Å². The molecule has 0 bridgehead atoms. The van der Waals surface area contributed by atoms with Crippen LogP contribution in [0.3, 0.4) is 0 Å². The van der Waals surface area contributed by atoms with Gasteiger partial charge >= 0.3 is 0 Å². The number of aliphatic hydroxyl groups is 1. The van der Waals surface area contributed by atoms with Crippen molar-refractivity contribution in [3.63, 3.8) is 0 Å².